The Kier molecular flexibility index (Phi) is 3.53. The highest BCUT2D eigenvalue weighted by atomic mass is 32.2. The van der Waals surface area contributed by atoms with Gasteiger partial charge < -0.3 is 15.2 Å². The molecule has 2 saturated heterocycles. The van der Waals surface area contributed by atoms with Crippen molar-refractivity contribution in [2.45, 2.75) is 30.9 Å². The molecule has 2 rings (SSSR count). The summed E-state index contributed by atoms with van der Waals surface area (Å²) in [5.41, 5.74) is -0.754. The Bertz CT molecular complexity index is 321. The fourth-order valence-corrected chi connectivity index (χ4v) is 3.66. The highest BCUT2D eigenvalue weighted by Gasteiger charge is 2.33. The van der Waals surface area contributed by atoms with E-state index in [1.165, 1.54) is 0 Å². The molecule has 0 radical (unpaired) electrons. The van der Waals surface area contributed by atoms with Crippen LogP contribution in [0.3, 0.4) is 0 Å². The van der Waals surface area contributed by atoms with Gasteiger partial charge in [0.05, 0.1) is 18.1 Å². The number of ether oxygens (including phenoxy) is 1. The SMILES string of the molecule is O=S1(=O)CCC(NCC2(O)CCOC2)CC1. The van der Waals surface area contributed by atoms with Crippen LogP contribution in [0.1, 0.15) is 19.3 Å². The maximum atomic E-state index is 11.2. The van der Waals surface area contributed by atoms with Gasteiger partial charge in [-0.3, -0.25) is 0 Å². The highest BCUT2D eigenvalue weighted by molar-refractivity contribution is 7.91. The molecule has 0 aromatic heterocycles. The van der Waals surface area contributed by atoms with Gasteiger partial charge in [0, 0.05) is 25.6 Å². The zero-order chi connectivity index (χ0) is 11.6. The summed E-state index contributed by atoms with van der Waals surface area (Å²) in [6.07, 6.45) is 1.96. The molecule has 0 aromatic rings. The van der Waals surface area contributed by atoms with Crippen molar-refractivity contribution in [2.24, 2.45) is 0 Å². The molecule has 2 N–H and O–H groups in total. The molecule has 0 aromatic carbocycles. The monoisotopic (exact) mass is 249 g/mol. The Morgan fingerprint density at radius 2 is 2.06 bits per heavy atom. The summed E-state index contributed by atoms with van der Waals surface area (Å²) in [4.78, 5) is 0. The lowest BCUT2D eigenvalue weighted by Gasteiger charge is -2.27. The van der Waals surface area contributed by atoms with E-state index in [4.69, 9.17) is 4.74 Å². The average Bonchev–Trinajstić information content (AvgIpc) is 2.64. The molecule has 2 fully saturated rings. The number of rotatable bonds is 3. The molecule has 5 nitrogen and oxygen atoms in total. The highest BCUT2D eigenvalue weighted by Crippen LogP contribution is 2.19. The van der Waals surface area contributed by atoms with Crippen LogP contribution in [0.5, 0.6) is 0 Å². The summed E-state index contributed by atoms with van der Waals surface area (Å²) in [5.74, 6) is 0.527. The Morgan fingerprint density at radius 1 is 1.38 bits per heavy atom. The Labute approximate surface area is 96.1 Å². The normalized spacial score (nSPS) is 35.3. The summed E-state index contributed by atoms with van der Waals surface area (Å²) in [5, 5.41) is 13.3. The van der Waals surface area contributed by atoms with Crippen molar-refractivity contribution in [3.8, 4) is 0 Å². The van der Waals surface area contributed by atoms with Crippen LogP contribution in [0.4, 0.5) is 0 Å². The molecule has 0 amide bonds. The second kappa shape index (κ2) is 4.60. The van der Waals surface area contributed by atoms with Crippen molar-refractivity contribution in [3.05, 3.63) is 0 Å². The summed E-state index contributed by atoms with van der Waals surface area (Å²) in [7, 11) is -2.80. The van der Waals surface area contributed by atoms with E-state index in [1.54, 1.807) is 0 Å². The van der Waals surface area contributed by atoms with Crippen molar-refractivity contribution in [1.82, 2.24) is 5.32 Å². The van der Waals surface area contributed by atoms with Crippen LogP contribution in [0.25, 0.3) is 0 Å². The number of hydrogen-bond acceptors (Lipinski definition) is 5. The zero-order valence-electron chi connectivity index (χ0n) is 9.31. The third kappa shape index (κ3) is 3.16. The summed E-state index contributed by atoms with van der Waals surface area (Å²) in [6, 6.07) is 0.216. The smallest absolute Gasteiger partial charge is 0.150 e. The van der Waals surface area contributed by atoms with Crippen molar-refractivity contribution in [1.29, 1.82) is 0 Å². The third-order valence-electron chi connectivity index (χ3n) is 3.36. The zero-order valence-corrected chi connectivity index (χ0v) is 10.1. The summed E-state index contributed by atoms with van der Waals surface area (Å²) >= 11 is 0. The van der Waals surface area contributed by atoms with Crippen molar-refractivity contribution in [2.75, 3.05) is 31.3 Å². The molecule has 2 aliphatic rings. The number of sulfone groups is 1. The molecule has 94 valence electrons. The quantitative estimate of drug-likeness (QED) is 0.692. The maximum Gasteiger partial charge on any atom is 0.150 e. The van der Waals surface area contributed by atoms with Crippen LogP contribution >= 0.6 is 0 Å². The Balaban J connectivity index is 1.75. The van der Waals surface area contributed by atoms with Crippen LogP contribution in [-0.2, 0) is 14.6 Å². The van der Waals surface area contributed by atoms with E-state index in [0.717, 1.165) is 0 Å². The van der Waals surface area contributed by atoms with Gasteiger partial charge in [0.1, 0.15) is 15.4 Å². The lowest BCUT2D eigenvalue weighted by Crippen LogP contribution is -2.47. The number of nitrogens with one attached hydrogen (secondary N) is 1. The predicted molar refractivity (Wildman–Crippen MR) is 60.1 cm³/mol. The van der Waals surface area contributed by atoms with Gasteiger partial charge in [-0.1, -0.05) is 0 Å². The van der Waals surface area contributed by atoms with Gasteiger partial charge in [0.25, 0.3) is 0 Å². The molecule has 2 aliphatic heterocycles. The van der Waals surface area contributed by atoms with Gasteiger partial charge >= 0.3 is 0 Å². The molecule has 1 unspecified atom stereocenters. The first kappa shape index (κ1) is 12.3. The van der Waals surface area contributed by atoms with Crippen LogP contribution < -0.4 is 5.32 Å². The molecule has 0 bridgehead atoms. The maximum absolute atomic E-state index is 11.2. The molecule has 0 saturated carbocycles. The van der Waals surface area contributed by atoms with Crippen LogP contribution in [0.2, 0.25) is 0 Å². The van der Waals surface area contributed by atoms with Crippen molar-refractivity contribution >= 4 is 9.84 Å². The molecule has 2 heterocycles. The van der Waals surface area contributed by atoms with Gasteiger partial charge in [0.2, 0.25) is 0 Å². The van der Waals surface area contributed by atoms with Gasteiger partial charge in [-0.2, -0.15) is 0 Å². The molecular formula is C10H19NO4S. The first-order chi connectivity index (χ1) is 7.49. The molecular weight excluding hydrogens is 230 g/mol. The lowest BCUT2D eigenvalue weighted by molar-refractivity contribution is 0.0245. The average molecular weight is 249 g/mol. The number of hydrogen-bond donors (Lipinski definition) is 2. The summed E-state index contributed by atoms with van der Waals surface area (Å²) < 4.78 is 27.6. The molecule has 0 spiro atoms. The van der Waals surface area contributed by atoms with E-state index in [0.29, 0.717) is 39.0 Å². The lowest BCUT2D eigenvalue weighted by atomic mass is 10.0. The minimum Gasteiger partial charge on any atom is -0.386 e. The third-order valence-corrected chi connectivity index (χ3v) is 5.07. The van der Waals surface area contributed by atoms with E-state index >= 15 is 0 Å². The Morgan fingerprint density at radius 3 is 2.62 bits per heavy atom. The van der Waals surface area contributed by atoms with Crippen molar-refractivity contribution < 1.29 is 18.3 Å². The van der Waals surface area contributed by atoms with Crippen LogP contribution in [-0.4, -0.2) is 56.4 Å². The second-order valence-electron chi connectivity index (χ2n) is 4.83. The van der Waals surface area contributed by atoms with Crippen LogP contribution in [0, 0.1) is 0 Å². The second-order valence-corrected chi connectivity index (χ2v) is 7.14. The van der Waals surface area contributed by atoms with E-state index in [1.807, 2.05) is 0 Å². The minimum atomic E-state index is -2.80. The fourth-order valence-electron chi connectivity index (χ4n) is 2.16. The topological polar surface area (TPSA) is 75.6 Å². The predicted octanol–water partition coefficient (Wildman–Crippen LogP) is -0.695. The van der Waals surface area contributed by atoms with E-state index in [-0.39, 0.29) is 17.5 Å². The fraction of sp³-hybridized carbons (Fsp3) is 1.00. The van der Waals surface area contributed by atoms with Gasteiger partial charge in [0.15, 0.2) is 0 Å². The first-order valence-corrected chi connectivity index (χ1v) is 7.55. The molecule has 1 atom stereocenters. The molecule has 6 heteroatoms. The Hall–Kier alpha value is -0.170. The largest absolute Gasteiger partial charge is 0.386 e. The van der Waals surface area contributed by atoms with E-state index < -0.39 is 15.4 Å². The van der Waals surface area contributed by atoms with Gasteiger partial charge in [-0.25, -0.2) is 8.42 Å². The summed E-state index contributed by atoms with van der Waals surface area (Å²) in [6.45, 7) is 1.49. The van der Waals surface area contributed by atoms with E-state index in [2.05, 4.69) is 5.32 Å². The van der Waals surface area contributed by atoms with Gasteiger partial charge in [-0.05, 0) is 12.8 Å². The van der Waals surface area contributed by atoms with Gasteiger partial charge in [-0.15, -0.1) is 0 Å². The van der Waals surface area contributed by atoms with Crippen LogP contribution in [0.15, 0.2) is 0 Å². The first-order valence-electron chi connectivity index (χ1n) is 5.73. The molecule has 0 aliphatic carbocycles. The van der Waals surface area contributed by atoms with E-state index in [9.17, 15) is 13.5 Å². The van der Waals surface area contributed by atoms with Crippen molar-refractivity contribution in [3.63, 3.8) is 0 Å². The number of aliphatic hydroxyl groups is 1. The standard InChI is InChI=1S/C10H19NO4S/c12-10(3-4-15-8-10)7-11-9-1-5-16(13,14)6-2-9/h9,11-12H,1-8H2. The molecule has 16 heavy (non-hydrogen) atoms. The minimum absolute atomic E-state index is 0.216.